The number of carbonyl (C=O) groups excluding carboxylic acids is 1. The van der Waals surface area contributed by atoms with E-state index >= 15 is 0 Å². The highest BCUT2D eigenvalue weighted by atomic mass is 79.9. The van der Waals surface area contributed by atoms with E-state index in [0.29, 0.717) is 6.26 Å². The molecule has 0 heterocycles. The van der Waals surface area contributed by atoms with Crippen molar-refractivity contribution < 1.29 is 22.9 Å². The van der Waals surface area contributed by atoms with Crippen LogP contribution in [0.4, 0.5) is 0 Å². The molecular weight excluding hydrogens is 288 g/mol. The lowest BCUT2D eigenvalue weighted by Crippen LogP contribution is -2.29. The molecule has 5 nitrogen and oxygen atoms in total. The molecule has 1 rings (SSSR count). The molecule has 1 aliphatic rings. The Hall–Kier alpha value is -0.920. The predicted octanol–water partition coefficient (Wildman–Crippen LogP) is 1.10. The fraction of sp³-hybridized carbons (Fsp3) is 0.125. The van der Waals surface area contributed by atoms with Crippen LogP contribution in [0, 0.1) is 0 Å². The van der Waals surface area contributed by atoms with Crippen LogP contribution in [0.1, 0.15) is 0 Å². The van der Waals surface area contributed by atoms with E-state index < -0.39 is 21.2 Å². The van der Waals surface area contributed by atoms with Gasteiger partial charge in [0, 0.05) is 4.48 Å². The average Bonchev–Trinajstić information content (AvgIpc) is 2.00. The quantitative estimate of drug-likeness (QED) is 0.429. The minimum absolute atomic E-state index is 0.00870. The number of aliphatic hydroxyl groups excluding tert-OH is 1. The Labute approximate surface area is 94.7 Å². The molecule has 0 aliphatic heterocycles. The normalized spacial score (nSPS) is 25.6. The summed E-state index contributed by atoms with van der Waals surface area (Å²) >= 11 is 2.86. The molecular formula is C8H7BrO5S. The van der Waals surface area contributed by atoms with E-state index in [9.17, 15) is 13.2 Å². The van der Waals surface area contributed by atoms with Crippen LogP contribution in [0.3, 0.4) is 0 Å². The number of aliphatic hydroxyl groups is 1. The number of allylic oxidation sites excluding steroid dienone is 2. The third kappa shape index (κ3) is 2.19. The van der Waals surface area contributed by atoms with Crippen LogP contribution in [0.15, 0.2) is 34.5 Å². The first-order chi connectivity index (χ1) is 6.79. The fourth-order valence-electron chi connectivity index (χ4n) is 1.21. The van der Waals surface area contributed by atoms with Gasteiger partial charge in [0.05, 0.1) is 11.8 Å². The first kappa shape index (κ1) is 12.2. The van der Waals surface area contributed by atoms with Crippen molar-refractivity contribution in [1.29, 1.82) is 0 Å². The first-order valence-electron chi connectivity index (χ1n) is 3.70. The van der Waals surface area contributed by atoms with E-state index in [2.05, 4.69) is 22.5 Å². The molecule has 7 heteroatoms. The Morgan fingerprint density at radius 2 is 2.07 bits per heavy atom. The van der Waals surface area contributed by atoms with Gasteiger partial charge in [0.1, 0.15) is 5.25 Å². The number of halogens is 1. The summed E-state index contributed by atoms with van der Waals surface area (Å²) in [7, 11) is -4.41. The summed E-state index contributed by atoms with van der Waals surface area (Å²) in [5.74, 6) is -0.575. The SMILES string of the molecule is C=C1/C(=C/O)C(=O)C=C(Br)C1S(=O)(=O)O. The summed E-state index contributed by atoms with van der Waals surface area (Å²) < 4.78 is 30.9. The second-order valence-electron chi connectivity index (χ2n) is 2.86. The van der Waals surface area contributed by atoms with Gasteiger partial charge in [0.2, 0.25) is 0 Å². The molecule has 0 bridgehead atoms. The highest BCUT2D eigenvalue weighted by molar-refractivity contribution is 9.11. The summed E-state index contributed by atoms with van der Waals surface area (Å²) in [6.45, 7) is 3.36. The van der Waals surface area contributed by atoms with Crippen molar-refractivity contribution in [2.75, 3.05) is 0 Å². The highest BCUT2D eigenvalue weighted by Crippen LogP contribution is 2.33. The molecule has 82 valence electrons. The Balaban J connectivity index is 3.40. The summed E-state index contributed by atoms with van der Waals surface area (Å²) in [6, 6.07) is 0. The number of carbonyl (C=O) groups is 1. The van der Waals surface area contributed by atoms with E-state index in [1.807, 2.05) is 0 Å². The van der Waals surface area contributed by atoms with Crippen LogP contribution < -0.4 is 0 Å². The molecule has 0 aromatic heterocycles. The second kappa shape index (κ2) is 3.92. The maximum absolute atomic E-state index is 11.2. The molecule has 1 aliphatic carbocycles. The molecule has 0 aromatic carbocycles. The number of hydrogen-bond donors (Lipinski definition) is 2. The molecule has 0 aromatic rings. The van der Waals surface area contributed by atoms with Gasteiger partial charge in [-0.25, -0.2) is 0 Å². The monoisotopic (exact) mass is 294 g/mol. The van der Waals surface area contributed by atoms with Gasteiger partial charge < -0.3 is 5.11 Å². The highest BCUT2D eigenvalue weighted by Gasteiger charge is 2.36. The number of ketones is 1. The van der Waals surface area contributed by atoms with E-state index in [-0.39, 0.29) is 15.6 Å². The minimum Gasteiger partial charge on any atom is -0.515 e. The summed E-state index contributed by atoms with van der Waals surface area (Å²) in [4.78, 5) is 11.2. The topological polar surface area (TPSA) is 91.7 Å². The zero-order chi connectivity index (χ0) is 11.8. The minimum atomic E-state index is -4.41. The lowest BCUT2D eigenvalue weighted by Gasteiger charge is -2.21. The molecule has 0 fully saturated rings. The zero-order valence-corrected chi connectivity index (χ0v) is 9.75. The fourth-order valence-corrected chi connectivity index (χ4v) is 3.25. The second-order valence-corrected chi connectivity index (χ2v) is 5.27. The van der Waals surface area contributed by atoms with Crippen LogP contribution in [-0.2, 0) is 14.9 Å². The van der Waals surface area contributed by atoms with Crippen molar-refractivity contribution in [3.8, 4) is 0 Å². The largest absolute Gasteiger partial charge is 0.515 e. The van der Waals surface area contributed by atoms with E-state index in [1.54, 1.807) is 0 Å². The third-order valence-electron chi connectivity index (χ3n) is 1.87. The lowest BCUT2D eigenvalue weighted by atomic mass is 9.96. The maximum atomic E-state index is 11.2. The molecule has 0 saturated heterocycles. The van der Waals surface area contributed by atoms with Gasteiger partial charge in [-0.3, -0.25) is 9.35 Å². The van der Waals surface area contributed by atoms with Crippen LogP contribution in [0.5, 0.6) is 0 Å². The van der Waals surface area contributed by atoms with Crippen molar-refractivity contribution in [1.82, 2.24) is 0 Å². The molecule has 0 saturated carbocycles. The van der Waals surface area contributed by atoms with Crippen LogP contribution in [0.25, 0.3) is 0 Å². The van der Waals surface area contributed by atoms with Crippen molar-refractivity contribution in [2.24, 2.45) is 0 Å². The van der Waals surface area contributed by atoms with Gasteiger partial charge in [-0.15, -0.1) is 0 Å². The first-order valence-corrected chi connectivity index (χ1v) is 6.00. The number of hydrogen-bond acceptors (Lipinski definition) is 4. The molecule has 15 heavy (non-hydrogen) atoms. The van der Waals surface area contributed by atoms with Gasteiger partial charge in [0.15, 0.2) is 5.78 Å². The summed E-state index contributed by atoms with van der Waals surface area (Å²) in [5.41, 5.74) is -0.403. The van der Waals surface area contributed by atoms with E-state index in [0.717, 1.165) is 6.08 Å². The standard InChI is InChI=1S/C8H7BrO5S/c1-4-5(3-10)7(11)2-6(9)8(4)15(12,13)14/h2-3,8,10H,1H2,(H,12,13,14)/b5-3-. The van der Waals surface area contributed by atoms with Crippen LogP contribution in [-0.4, -0.2) is 29.1 Å². The summed E-state index contributed by atoms with van der Waals surface area (Å²) in [6.07, 6.45) is 1.44. The van der Waals surface area contributed by atoms with Crippen LogP contribution >= 0.6 is 15.9 Å². The van der Waals surface area contributed by atoms with E-state index in [4.69, 9.17) is 9.66 Å². The lowest BCUT2D eigenvalue weighted by molar-refractivity contribution is -0.111. The summed E-state index contributed by atoms with van der Waals surface area (Å²) in [5, 5.41) is 7.30. The van der Waals surface area contributed by atoms with Crippen molar-refractivity contribution in [2.45, 2.75) is 5.25 Å². The Morgan fingerprint density at radius 1 is 1.53 bits per heavy atom. The predicted molar refractivity (Wildman–Crippen MR) is 57.2 cm³/mol. The average molecular weight is 295 g/mol. The van der Waals surface area contributed by atoms with Gasteiger partial charge in [-0.05, 0) is 11.6 Å². The molecule has 2 N–H and O–H groups in total. The van der Waals surface area contributed by atoms with Crippen molar-refractivity contribution in [3.05, 3.63) is 34.5 Å². The molecule has 0 radical (unpaired) electrons. The van der Waals surface area contributed by atoms with Crippen molar-refractivity contribution >= 4 is 31.8 Å². The van der Waals surface area contributed by atoms with Gasteiger partial charge in [-0.2, -0.15) is 8.42 Å². The van der Waals surface area contributed by atoms with Crippen molar-refractivity contribution in [3.63, 3.8) is 0 Å². The molecule has 1 atom stereocenters. The van der Waals surface area contributed by atoms with E-state index in [1.165, 1.54) is 0 Å². The Morgan fingerprint density at radius 3 is 2.47 bits per heavy atom. The Bertz CT molecular complexity index is 485. The Kier molecular flexibility index (Phi) is 3.17. The number of rotatable bonds is 1. The smallest absolute Gasteiger partial charge is 0.276 e. The third-order valence-corrected chi connectivity index (χ3v) is 4.00. The van der Waals surface area contributed by atoms with Gasteiger partial charge in [-0.1, -0.05) is 22.5 Å². The maximum Gasteiger partial charge on any atom is 0.276 e. The molecule has 1 unspecified atom stereocenters. The molecule has 0 amide bonds. The zero-order valence-electron chi connectivity index (χ0n) is 7.34. The van der Waals surface area contributed by atoms with Gasteiger partial charge in [0.25, 0.3) is 10.1 Å². The van der Waals surface area contributed by atoms with Crippen LogP contribution in [0.2, 0.25) is 0 Å². The molecule has 0 spiro atoms. The van der Waals surface area contributed by atoms with Gasteiger partial charge >= 0.3 is 0 Å².